The number of anilines is 3. The Hall–Kier alpha value is -3.19. The van der Waals surface area contributed by atoms with E-state index in [1.165, 1.54) is 12.1 Å². The Bertz CT molecular complexity index is 1010. The van der Waals surface area contributed by atoms with Gasteiger partial charge in [-0.1, -0.05) is 0 Å². The van der Waals surface area contributed by atoms with Crippen LogP contribution in [0.2, 0.25) is 0 Å². The third-order valence-electron chi connectivity index (χ3n) is 5.63. The molecule has 2 fully saturated rings. The minimum atomic E-state index is -0.705. The molecule has 2 aromatic rings. The van der Waals surface area contributed by atoms with Crippen molar-refractivity contribution in [1.82, 2.24) is 9.97 Å². The van der Waals surface area contributed by atoms with Gasteiger partial charge in [-0.05, 0) is 26.0 Å². The Balaban J connectivity index is 1.52. The van der Waals surface area contributed by atoms with Crippen molar-refractivity contribution in [3.8, 4) is 11.8 Å². The number of ether oxygens (including phenoxy) is 2. The van der Waals surface area contributed by atoms with Gasteiger partial charge in [0.2, 0.25) is 0 Å². The third kappa shape index (κ3) is 5.42. The number of hydrogen-bond acceptors (Lipinski definition) is 8. The molecule has 10 heteroatoms. The maximum absolute atomic E-state index is 14.0. The van der Waals surface area contributed by atoms with E-state index in [9.17, 15) is 14.0 Å². The molecule has 2 aliphatic heterocycles. The first-order valence-electron chi connectivity index (χ1n) is 11.2. The first-order valence-corrected chi connectivity index (χ1v) is 11.2. The Morgan fingerprint density at radius 3 is 2.42 bits per heavy atom. The summed E-state index contributed by atoms with van der Waals surface area (Å²) >= 11 is 0. The van der Waals surface area contributed by atoms with Gasteiger partial charge in [0, 0.05) is 51.1 Å². The SMILES string of the molecule is CC(C)Nc1nc(N2CCOCC2)c(C#N)nc1N1CCC(Oc2ccc(F)cc2F)CC1. The lowest BCUT2D eigenvalue weighted by molar-refractivity contribution is 0.122. The van der Waals surface area contributed by atoms with Gasteiger partial charge >= 0.3 is 0 Å². The van der Waals surface area contributed by atoms with Crippen LogP contribution in [0.15, 0.2) is 18.2 Å². The maximum atomic E-state index is 14.0. The molecule has 0 atom stereocenters. The quantitative estimate of drug-likeness (QED) is 0.706. The monoisotopic (exact) mass is 458 g/mol. The minimum Gasteiger partial charge on any atom is -0.487 e. The van der Waals surface area contributed by atoms with Gasteiger partial charge in [-0.25, -0.2) is 18.7 Å². The average molecular weight is 459 g/mol. The minimum absolute atomic E-state index is 0.0541. The van der Waals surface area contributed by atoms with Crippen molar-refractivity contribution < 1.29 is 18.3 Å². The molecule has 0 bridgehead atoms. The summed E-state index contributed by atoms with van der Waals surface area (Å²) in [6.45, 7) is 7.75. The predicted octanol–water partition coefficient (Wildman–Crippen LogP) is 3.33. The van der Waals surface area contributed by atoms with Crippen LogP contribution in [0.4, 0.5) is 26.2 Å². The Morgan fingerprint density at radius 1 is 1.09 bits per heavy atom. The van der Waals surface area contributed by atoms with Crippen LogP contribution < -0.4 is 19.9 Å². The topological polar surface area (TPSA) is 86.5 Å². The fraction of sp³-hybridized carbons (Fsp3) is 0.522. The number of benzene rings is 1. The number of piperidine rings is 1. The van der Waals surface area contributed by atoms with E-state index < -0.39 is 11.6 Å². The zero-order valence-corrected chi connectivity index (χ0v) is 18.9. The van der Waals surface area contributed by atoms with E-state index in [-0.39, 0.29) is 23.6 Å². The highest BCUT2D eigenvalue weighted by Gasteiger charge is 2.28. The van der Waals surface area contributed by atoms with Gasteiger partial charge in [0.1, 0.15) is 18.0 Å². The lowest BCUT2D eigenvalue weighted by atomic mass is 10.1. The number of nitrogens with one attached hydrogen (secondary N) is 1. The molecule has 33 heavy (non-hydrogen) atoms. The molecule has 3 heterocycles. The summed E-state index contributed by atoms with van der Waals surface area (Å²) in [6.07, 6.45) is 1.07. The van der Waals surface area contributed by atoms with Crippen LogP contribution in [0.25, 0.3) is 0 Å². The molecule has 1 N–H and O–H groups in total. The second-order valence-electron chi connectivity index (χ2n) is 8.46. The van der Waals surface area contributed by atoms with E-state index in [4.69, 9.17) is 19.4 Å². The predicted molar refractivity (Wildman–Crippen MR) is 121 cm³/mol. The highest BCUT2D eigenvalue weighted by molar-refractivity contribution is 5.68. The van der Waals surface area contributed by atoms with E-state index in [2.05, 4.69) is 16.3 Å². The van der Waals surface area contributed by atoms with Crippen LogP contribution >= 0.6 is 0 Å². The third-order valence-corrected chi connectivity index (χ3v) is 5.63. The molecular formula is C23H28F2N6O2. The first-order chi connectivity index (χ1) is 15.9. The van der Waals surface area contributed by atoms with Crippen molar-refractivity contribution in [2.45, 2.75) is 38.8 Å². The summed E-state index contributed by atoms with van der Waals surface area (Å²) in [6, 6.07) is 5.65. The van der Waals surface area contributed by atoms with Crippen molar-refractivity contribution in [3.05, 3.63) is 35.5 Å². The van der Waals surface area contributed by atoms with Gasteiger partial charge in [0.05, 0.1) is 13.2 Å². The van der Waals surface area contributed by atoms with Crippen molar-refractivity contribution in [3.63, 3.8) is 0 Å². The van der Waals surface area contributed by atoms with Crippen molar-refractivity contribution >= 4 is 17.5 Å². The smallest absolute Gasteiger partial charge is 0.185 e. The van der Waals surface area contributed by atoms with E-state index in [0.29, 0.717) is 69.7 Å². The number of hydrogen-bond donors (Lipinski definition) is 1. The molecule has 176 valence electrons. The van der Waals surface area contributed by atoms with Crippen molar-refractivity contribution in [2.24, 2.45) is 0 Å². The average Bonchev–Trinajstić information content (AvgIpc) is 2.81. The summed E-state index contributed by atoms with van der Waals surface area (Å²) in [5, 5.41) is 13.1. The number of nitrogens with zero attached hydrogens (tertiary/aromatic N) is 5. The molecule has 8 nitrogen and oxygen atoms in total. The Labute approximate surface area is 192 Å². The van der Waals surface area contributed by atoms with Gasteiger partial charge in [-0.3, -0.25) is 0 Å². The lowest BCUT2D eigenvalue weighted by Gasteiger charge is -2.35. The van der Waals surface area contributed by atoms with E-state index in [0.717, 1.165) is 6.07 Å². The fourth-order valence-corrected chi connectivity index (χ4v) is 4.01. The molecule has 0 aliphatic carbocycles. The summed E-state index contributed by atoms with van der Waals surface area (Å²) in [5.41, 5.74) is 0.285. The van der Waals surface area contributed by atoms with E-state index in [1.54, 1.807) is 0 Å². The molecule has 4 rings (SSSR count). The largest absolute Gasteiger partial charge is 0.487 e. The number of morpholine rings is 1. The van der Waals surface area contributed by atoms with Gasteiger partial charge in [-0.15, -0.1) is 0 Å². The number of rotatable bonds is 6. The van der Waals surface area contributed by atoms with Crippen LogP contribution in [0, 0.1) is 23.0 Å². The zero-order valence-electron chi connectivity index (χ0n) is 18.9. The fourth-order valence-electron chi connectivity index (χ4n) is 4.01. The zero-order chi connectivity index (χ0) is 23.4. The van der Waals surface area contributed by atoms with Crippen molar-refractivity contribution in [2.75, 3.05) is 54.5 Å². The summed E-state index contributed by atoms with van der Waals surface area (Å²) in [7, 11) is 0. The van der Waals surface area contributed by atoms with E-state index >= 15 is 0 Å². The Kier molecular flexibility index (Phi) is 7.08. The molecule has 0 amide bonds. The standard InChI is InChI=1S/C23H28F2N6O2/c1-15(2)27-21-23(28-19(14-26)22(29-21)31-9-11-32-12-10-31)30-7-5-17(6-8-30)33-20-4-3-16(24)13-18(20)25/h3-4,13,15,17H,5-12H2,1-2H3,(H,27,29). The van der Waals surface area contributed by atoms with Crippen LogP contribution in [-0.2, 0) is 4.74 Å². The molecule has 0 spiro atoms. The molecule has 0 saturated carbocycles. The normalized spacial score (nSPS) is 17.2. The molecule has 1 aromatic heterocycles. The van der Waals surface area contributed by atoms with Gasteiger partial charge in [0.15, 0.2) is 34.7 Å². The van der Waals surface area contributed by atoms with Crippen LogP contribution in [0.3, 0.4) is 0 Å². The number of halogens is 2. The van der Waals surface area contributed by atoms with E-state index in [1.807, 2.05) is 18.7 Å². The highest BCUT2D eigenvalue weighted by atomic mass is 19.1. The molecule has 2 saturated heterocycles. The first kappa shape index (κ1) is 23.0. The molecule has 1 aromatic carbocycles. The Morgan fingerprint density at radius 2 is 1.79 bits per heavy atom. The lowest BCUT2D eigenvalue weighted by Crippen LogP contribution is -2.40. The molecular weight excluding hydrogens is 430 g/mol. The second kappa shape index (κ2) is 10.2. The second-order valence-corrected chi connectivity index (χ2v) is 8.46. The van der Waals surface area contributed by atoms with Crippen molar-refractivity contribution in [1.29, 1.82) is 5.26 Å². The van der Waals surface area contributed by atoms with Crippen LogP contribution in [0.5, 0.6) is 5.75 Å². The summed E-state index contributed by atoms with van der Waals surface area (Å²) < 4.78 is 38.3. The molecule has 0 radical (unpaired) electrons. The molecule has 2 aliphatic rings. The molecule has 0 unspecified atom stereocenters. The highest BCUT2D eigenvalue weighted by Crippen LogP contribution is 2.31. The van der Waals surface area contributed by atoms with Gasteiger partial charge in [0.25, 0.3) is 0 Å². The number of nitriles is 1. The number of aromatic nitrogens is 2. The van der Waals surface area contributed by atoms with Crippen LogP contribution in [0.1, 0.15) is 32.4 Å². The van der Waals surface area contributed by atoms with Gasteiger partial charge < -0.3 is 24.6 Å². The van der Waals surface area contributed by atoms with Crippen LogP contribution in [-0.4, -0.2) is 61.5 Å². The van der Waals surface area contributed by atoms with Gasteiger partial charge in [-0.2, -0.15) is 5.26 Å². The summed E-state index contributed by atoms with van der Waals surface area (Å²) in [4.78, 5) is 13.6. The maximum Gasteiger partial charge on any atom is 0.185 e. The summed E-state index contributed by atoms with van der Waals surface area (Å²) in [5.74, 6) is 0.547.